The first kappa shape index (κ1) is 43.1. The fraction of sp³-hybridized carbons (Fsp3) is 0.659. The van der Waals surface area contributed by atoms with Crippen LogP contribution in [0.15, 0.2) is 72.8 Å². The molecule has 2 aromatic rings. The van der Waals surface area contributed by atoms with E-state index in [-0.39, 0.29) is 46.2 Å². The molecule has 3 heterocycles. The van der Waals surface area contributed by atoms with Gasteiger partial charge in [-0.1, -0.05) is 121 Å². The van der Waals surface area contributed by atoms with E-state index in [1.807, 2.05) is 26.0 Å². The summed E-state index contributed by atoms with van der Waals surface area (Å²) in [6.45, 7) is 26.4. The van der Waals surface area contributed by atoms with Crippen LogP contribution in [0, 0.1) is 5.92 Å². The molecule has 3 saturated heterocycles. The van der Waals surface area contributed by atoms with Gasteiger partial charge in [-0.3, -0.25) is 4.79 Å². The standard InChI is InChI=1S/C44H68O8Si2/c1-33(44(46-27-28-47-44)26-25-34(45)19-18-20-35-31-48-43(8,9)51-35)29-39-40(52-53(10,11)41(2,3)4)30-36(50-39)32-49-54(42(5,6)7,37-21-14-12-15-22-37)38-23-16-13-17-24-38/h12-18,20-24,33,35-36,39-40H,19,25-32H2,1-11H3/b20-18+/t33-,35+,36+,39-,40-/m1/s1. The van der Waals surface area contributed by atoms with Crippen LogP contribution in [0.4, 0.5) is 0 Å². The summed E-state index contributed by atoms with van der Waals surface area (Å²) in [6.07, 6.45) is 5.97. The maximum absolute atomic E-state index is 13.1. The van der Waals surface area contributed by atoms with Gasteiger partial charge in [-0.15, -0.1) is 0 Å². The molecule has 0 N–H and O–H groups in total. The largest absolute Gasteiger partial charge is 0.411 e. The molecule has 3 aliphatic rings. The summed E-state index contributed by atoms with van der Waals surface area (Å²) in [4.78, 5) is 13.1. The first-order chi connectivity index (χ1) is 25.3. The van der Waals surface area contributed by atoms with Crippen molar-refractivity contribution in [2.75, 3.05) is 26.4 Å². The van der Waals surface area contributed by atoms with E-state index in [0.717, 1.165) is 6.42 Å². The lowest BCUT2D eigenvalue weighted by Gasteiger charge is -2.43. The van der Waals surface area contributed by atoms with E-state index < -0.39 is 28.2 Å². The molecule has 10 heteroatoms. The van der Waals surface area contributed by atoms with E-state index in [4.69, 9.17) is 32.5 Å². The van der Waals surface area contributed by atoms with Crippen LogP contribution in [0.5, 0.6) is 0 Å². The molecule has 0 aliphatic carbocycles. The molecular formula is C44H68O8Si2. The van der Waals surface area contributed by atoms with Gasteiger partial charge in [-0.25, -0.2) is 0 Å². The van der Waals surface area contributed by atoms with Gasteiger partial charge >= 0.3 is 0 Å². The van der Waals surface area contributed by atoms with Gasteiger partial charge in [-0.05, 0) is 53.8 Å². The molecule has 5 atom stereocenters. The molecule has 3 aliphatic heterocycles. The maximum Gasteiger partial charge on any atom is 0.261 e. The molecule has 54 heavy (non-hydrogen) atoms. The Morgan fingerprint density at radius 2 is 1.50 bits per heavy atom. The number of carbonyl (C=O) groups is 1. The highest BCUT2D eigenvalue weighted by molar-refractivity contribution is 6.99. The Labute approximate surface area is 327 Å². The predicted molar refractivity (Wildman–Crippen MR) is 220 cm³/mol. The maximum atomic E-state index is 13.1. The predicted octanol–water partition coefficient (Wildman–Crippen LogP) is 8.33. The molecule has 0 saturated carbocycles. The van der Waals surface area contributed by atoms with Crippen molar-refractivity contribution >= 4 is 32.8 Å². The zero-order valence-electron chi connectivity index (χ0n) is 34.9. The van der Waals surface area contributed by atoms with Gasteiger partial charge in [-0.2, -0.15) is 0 Å². The zero-order valence-corrected chi connectivity index (χ0v) is 36.9. The van der Waals surface area contributed by atoms with Crippen molar-refractivity contribution in [1.82, 2.24) is 0 Å². The normalized spacial score (nSPS) is 25.4. The van der Waals surface area contributed by atoms with Gasteiger partial charge < -0.3 is 32.5 Å². The smallest absolute Gasteiger partial charge is 0.261 e. The minimum absolute atomic E-state index is 0.0264. The van der Waals surface area contributed by atoms with Gasteiger partial charge in [0.25, 0.3) is 8.32 Å². The first-order valence-corrected chi connectivity index (χ1v) is 24.9. The highest BCUT2D eigenvalue weighted by Gasteiger charge is 2.52. The van der Waals surface area contributed by atoms with Gasteiger partial charge in [0.05, 0.1) is 44.7 Å². The number of hydrogen-bond acceptors (Lipinski definition) is 8. The van der Waals surface area contributed by atoms with Crippen molar-refractivity contribution in [3.63, 3.8) is 0 Å². The van der Waals surface area contributed by atoms with E-state index in [9.17, 15) is 4.79 Å². The van der Waals surface area contributed by atoms with Crippen LogP contribution >= 0.6 is 0 Å². The molecule has 8 nitrogen and oxygen atoms in total. The van der Waals surface area contributed by atoms with Gasteiger partial charge in [0.1, 0.15) is 11.9 Å². The highest BCUT2D eigenvalue weighted by atomic mass is 28.4. The molecule has 300 valence electrons. The molecule has 0 radical (unpaired) electrons. The van der Waals surface area contributed by atoms with Crippen molar-refractivity contribution < 1.29 is 37.3 Å². The summed E-state index contributed by atoms with van der Waals surface area (Å²) >= 11 is 0. The minimum atomic E-state index is -2.75. The third-order valence-electron chi connectivity index (χ3n) is 12.0. The monoisotopic (exact) mass is 780 g/mol. The van der Waals surface area contributed by atoms with E-state index in [0.29, 0.717) is 52.1 Å². The quantitative estimate of drug-likeness (QED) is 0.124. The van der Waals surface area contributed by atoms with Crippen LogP contribution in [-0.4, -0.2) is 84.8 Å². The number of ether oxygens (including phenoxy) is 5. The van der Waals surface area contributed by atoms with Crippen LogP contribution in [0.2, 0.25) is 23.2 Å². The summed E-state index contributed by atoms with van der Waals surface area (Å²) in [5.41, 5.74) is 0. The Morgan fingerprint density at radius 3 is 2.02 bits per heavy atom. The Kier molecular flexibility index (Phi) is 13.8. The van der Waals surface area contributed by atoms with Crippen LogP contribution in [0.3, 0.4) is 0 Å². The lowest BCUT2D eigenvalue weighted by molar-refractivity contribution is -0.205. The van der Waals surface area contributed by atoms with Crippen molar-refractivity contribution in [2.45, 2.75) is 154 Å². The zero-order chi connectivity index (χ0) is 39.4. The Balaban J connectivity index is 1.31. The number of ketones is 1. The summed E-state index contributed by atoms with van der Waals surface area (Å²) < 4.78 is 45.8. The summed E-state index contributed by atoms with van der Waals surface area (Å²) in [7, 11) is -4.89. The topological polar surface area (TPSA) is 81.7 Å². The molecule has 0 aromatic heterocycles. The SMILES string of the molecule is C[C@H](C[C@H]1O[C@H](CO[Si](c2ccccc2)(c2ccccc2)C(C)(C)C)C[C@H]1O[Si](C)(C)C(C)(C)C)C1(CCC(=O)C/C=C/[C@H]2COC(C)(C)O2)OCCO1. The van der Waals surface area contributed by atoms with Crippen LogP contribution in [0.1, 0.15) is 94.4 Å². The van der Waals surface area contributed by atoms with Crippen molar-refractivity contribution in [3.8, 4) is 0 Å². The van der Waals surface area contributed by atoms with Crippen molar-refractivity contribution in [2.24, 2.45) is 5.92 Å². The van der Waals surface area contributed by atoms with E-state index in [2.05, 4.69) is 122 Å². The Bertz CT molecular complexity index is 1490. The summed E-state index contributed by atoms with van der Waals surface area (Å²) in [5.74, 6) is -1.32. The van der Waals surface area contributed by atoms with E-state index >= 15 is 0 Å². The first-order valence-electron chi connectivity index (χ1n) is 20.1. The molecule has 0 amide bonds. The van der Waals surface area contributed by atoms with Crippen LogP contribution in [-0.2, 0) is 37.3 Å². The molecule has 5 rings (SSSR count). The molecule has 2 aromatic carbocycles. The highest BCUT2D eigenvalue weighted by Crippen LogP contribution is 2.44. The molecule has 0 bridgehead atoms. The van der Waals surface area contributed by atoms with E-state index in [1.54, 1.807) is 0 Å². The molecule has 0 unspecified atom stereocenters. The fourth-order valence-corrected chi connectivity index (χ4v) is 14.0. The second-order valence-electron chi connectivity index (χ2n) is 18.6. The third-order valence-corrected chi connectivity index (χ3v) is 21.5. The van der Waals surface area contributed by atoms with Gasteiger partial charge in [0, 0.05) is 31.6 Å². The summed E-state index contributed by atoms with van der Waals surface area (Å²) in [6, 6.07) is 21.6. The van der Waals surface area contributed by atoms with Crippen molar-refractivity contribution in [3.05, 3.63) is 72.8 Å². The number of Topliss-reactive ketones (excluding diaryl/α,β-unsaturated/α-hetero) is 1. The molecule has 0 spiro atoms. The lowest BCUT2D eigenvalue weighted by atomic mass is 9.88. The van der Waals surface area contributed by atoms with Crippen LogP contribution in [0.25, 0.3) is 0 Å². The van der Waals surface area contributed by atoms with Crippen LogP contribution < -0.4 is 10.4 Å². The fourth-order valence-electron chi connectivity index (χ4n) is 8.03. The van der Waals surface area contributed by atoms with Crippen molar-refractivity contribution in [1.29, 1.82) is 0 Å². The average molecular weight is 781 g/mol. The second kappa shape index (κ2) is 17.2. The number of hydrogen-bond donors (Lipinski definition) is 0. The number of carbonyl (C=O) groups excluding carboxylic acids is 1. The van der Waals surface area contributed by atoms with Gasteiger partial charge in [0.15, 0.2) is 19.9 Å². The minimum Gasteiger partial charge on any atom is -0.411 e. The Morgan fingerprint density at radius 1 is 0.907 bits per heavy atom. The summed E-state index contributed by atoms with van der Waals surface area (Å²) in [5, 5.41) is 2.43. The molecule has 3 fully saturated rings. The number of allylic oxidation sites excluding steroid dienone is 1. The lowest BCUT2D eigenvalue weighted by Crippen LogP contribution is -2.67. The van der Waals surface area contributed by atoms with Gasteiger partial charge in [0.2, 0.25) is 0 Å². The average Bonchev–Trinajstić information content (AvgIpc) is 3.82. The molecular weight excluding hydrogens is 713 g/mol. The number of rotatable bonds is 16. The third kappa shape index (κ3) is 10.1. The Hall–Kier alpha value is -2.00. The number of benzene rings is 2. The van der Waals surface area contributed by atoms with E-state index in [1.165, 1.54) is 10.4 Å². The second-order valence-corrected chi connectivity index (χ2v) is 27.7.